The van der Waals surface area contributed by atoms with Gasteiger partial charge < -0.3 is 9.55 Å². The first-order valence-corrected chi connectivity index (χ1v) is 8.62. The lowest BCUT2D eigenvalue weighted by Crippen LogP contribution is -2.58. The van der Waals surface area contributed by atoms with Gasteiger partial charge in [-0.3, -0.25) is 5.10 Å². The lowest BCUT2D eigenvalue weighted by Gasteiger charge is -2.62. The molecule has 3 aromatic heterocycles. The van der Waals surface area contributed by atoms with Crippen molar-refractivity contribution in [1.82, 2.24) is 19.7 Å². The average molecular weight is 314 g/mol. The van der Waals surface area contributed by atoms with Crippen molar-refractivity contribution in [2.24, 2.45) is 5.92 Å². The summed E-state index contributed by atoms with van der Waals surface area (Å²) in [4.78, 5) is 3.39. The lowest BCUT2D eigenvalue weighted by molar-refractivity contribution is -0.0855. The molecule has 4 heteroatoms. The maximum atomic E-state index is 4.07. The maximum Gasteiger partial charge on any atom is 0.0671 e. The topological polar surface area (TPSA) is 49.4 Å². The number of fused-ring (bicyclic) bond motifs is 1. The van der Waals surface area contributed by atoms with E-state index >= 15 is 0 Å². The third-order valence-electron chi connectivity index (χ3n) is 6.03. The van der Waals surface area contributed by atoms with Crippen LogP contribution in [0.3, 0.4) is 0 Å². The van der Waals surface area contributed by atoms with Gasteiger partial charge in [0.05, 0.1) is 11.4 Å². The molecular formula is C20H18N4. The quantitative estimate of drug-likeness (QED) is 0.573. The van der Waals surface area contributed by atoms with Gasteiger partial charge >= 0.3 is 0 Å². The molecule has 24 heavy (non-hydrogen) atoms. The summed E-state index contributed by atoms with van der Waals surface area (Å²) in [5.74, 6) is 0.998. The minimum Gasteiger partial charge on any atom is -0.361 e. The predicted molar refractivity (Wildman–Crippen MR) is 94.6 cm³/mol. The van der Waals surface area contributed by atoms with Crippen LogP contribution in [-0.4, -0.2) is 19.7 Å². The van der Waals surface area contributed by atoms with Gasteiger partial charge in [-0.25, -0.2) is 0 Å². The van der Waals surface area contributed by atoms with Gasteiger partial charge in [0.2, 0.25) is 0 Å². The third kappa shape index (κ3) is 1.51. The standard InChI is InChI=1S/C20H18N4/c1-2-18-14(5-8-24(18)20-10-13(11-20)12-20)9-15(1)19-16(3-6-21-19)17-4-7-22-23-17/h1-9,13,21H,10-12H2,(H,22,23). The Morgan fingerprint density at radius 1 is 1.08 bits per heavy atom. The highest BCUT2D eigenvalue weighted by Gasteiger charge is 2.57. The molecule has 7 rings (SSSR count). The molecule has 3 saturated carbocycles. The van der Waals surface area contributed by atoms with Crippen molar-refractivity contribution in [1.29, 1.82) is 0 Å². The van der Waals surface area contributed by atoms with Gasteiger partial charge in [0.25, 0.3) is 0 Å². The molecule has 3 aliphatic carbocycles. The number of aromatic nitrogens is 4. The summed E-state index contributed by atoms with van der Waals surface area (Å²) >= 11 is 0. The molecule has 3 aliphatic rings. The number of nitrogens with one attached hydrogen (secondary N) is 2. The number of hydrogen-bond acceptors (Lipinski definition) is 1. The highest BCUT2D eigenvalue weighted by molar-refractivity contribution is 5.88. The van der Waals surface area contributed by atoms with Crippen molar-refractivity contribution < 1.29 is 0 Å². The average Bonchev–Trinajstić information content (AvgIpc) is 3.24. The Hall–Kier alpha value is -2.75. The van der Waals surface area contributed by atoms with Crippen LogP contribution in [0, 0.1) is 5.92 Å². The molecule has 4 nitrogen and oxygen atoms in total. The fraction of sp³-hybridized carbons (Fsp3) is 0.250. The molecule has 0 atom stereocenters. The second kappa shape index (κ2) is 4.20. The molecule has 2 N–H and O–H groups in total. The summed E-state index contributed by atoms with van der Waals surface area (Å²) in [7, 11) is 0. The van der Waals surface area contributed by atoms with Crippen molar-refractivity contribution in [2.75, 3.05) is 0 Å². The lowest BCUT2D eigenvalue weighted by atomic mass is 9.49. The fourth-order valence-corrected chi connectivity index (χ4v) is 4.68. The fourth-order valence-electron chi connectivity index (χ4n) is 4.68. The van der Waals surface area contributed by atoms with Crippen LogP contribution in [0.5, 0.6) is 0 Å². The third-order valence-corrected chi connectivity index (χ3v) is 6.03. The number of H-pyrrole nitrogens is 2. The van der Waals surface area contributed by atoms with Gasteiger partial charge in [0.15, 0.2) is 0 Å². The zero-order chi connectivity index (χ0) is 15.7. The van der Waals surface area contributed by atoms with Crippen molar-refractivity contribution in [2.45, 2.75) is 24.8 Å². The van der Waals surface area contributed by atoms with E-state index in [0.717, 1.165) is 22.9 Å². The van der Waals surface area contributed by atoms with E-state index in [9.17, 15) is 0 Å². The number of nitrogens with zero attached hydrogens (tertiary/aromatic N) is 2. The Kier molecular flexibility index (Phi) is 2.21. The van der Waals surface area contributed by atoms with E-state index in [1.165, 1.54) is 35.7 Å². The molecule has 2 bridgehead atoms. The highest BCUT2D eigenvalue weighted by Crippen LogP contribution is 2.63. The molecule has 4 aromatic rings. The number of hydrogen-bond donors (Lipinski definition) is 2. The Morgan fingerprint density at radius 3 is 2.75 bits per heavy atom. The second-order valence-corrected chi connectivity index (χ2v) is 7.40. The van der Waals surface area contributed by atoms with Crippen LogP contribution < -0.4 is 0 Å². The second-order valence-electron chi connectivity index (χ2n) is 7.40. The molecule has 0 unspecified atom stereocenters. The van der Waals surface area contributed by atoms with Crippen LogP contribution in [0.2, 0.25) is 0 Å². The zero-order valence-corrected chi connectivity index (χ0v) is 13.3. The Labute approximate surface area is 139 Å². The van der Waals surface area contributed by atoms with E-state index in [-0.39, 0.29) is 0 Å². The molecule has 118 valence electrons. The summed E-state index contributed by atoms with van der Waals surface area (Å²) < 4.78 is 2.52. The zero-order valence-electron chi connectivity index (χ0n) is 13.3. The van der Waals surface area contributed by atoms with Crippen LogP contribution in [-0.2, 0) is 5.54 Å². The molecule has 0 spiro atoms. The summed E-state index contributed by atoms with van der Waals surface area (Å²) in [6.07, 6.45) is 10.2. The number of rotatable bonds is 3. The van der Waals surface area contributed by atoms with Crippen molar-refractivity contribution >= 4 is 10.9 Å². The largest absolute Gasteiger partial charge is 0.361 e. The predicted octanol–water partition coefficient (Wildman–Crippen LogP) is 4.54. The molecule has 0 amide bonds. The Balaban J connectivity index is 1.47. The van der Waals surface area contributed by atoms with Crippen LogP contribution in [0.1, 0.15) is 19.3 Å². The van der Waals surface area contributed by atoms with Gasteiger partial charge in [-0.2, -0.15) is 5.10 Å². The minimum absolute atomic E-state index is 0.446. The molecule has 0 saturated heterocycles. The van der Waals surface area contributed by atoms with Crippen LogP contribution in [0.15, 0.2) is 55.0 Å². The SMILES string of the molecule is c1cc(-c2cc[nH]c2-c2ccc3c(ccn3C34CC(C3)C4)c2)[nH]n1. The minimum atomic E-state index is 0.446. The van der Waals surface area contributed by atoms with E-state index in [0.29, 0.717) is 5.54 Å². The Morgan fingerprint density at radius 2 is 2.00 bits per heavy atom. The van der Waals surface area contributed by atoms with Crippen molar-refractivity contribution in [3.8, 4) is 22.5 Å². The van der Waals surface area contributed by atoms with Crippen LogP contribution >= 0.6 is 0 Å². The van der Waals surface area contributed by atoms with Gasteiger partial charge in [0.1, 0.15) is 0 Å². The molecule has 3 fully saturated rings. The van der Waals surface area contributed by atoms with E-state index in [1.807, 2.05) is 12.3 Å². The summed E-state index contributed by atoms with van der Waals surface area (Å²) in [6.45, 7) is 0. The van der Waals surface area contributed by atoms with Gasteiger partial charge in [0, 0.05) is 40.6 Å². The highest BCUT2D eigenvalue weighted by atomic mass is 15.1. The van der Waals surface area contributed by atoms with Gasteiger partial charge in [-0.15, -0.1) is 0 Å². The van der Waals surface area contributed by atoms with E-state index in [1.54, 1.807) is 6.20 Å². The summed E-state index contributed by atoms with van der Waals surface area (Å²) in [5.41, 5.74) is 6.36. The first kappa shape index (κ1) is 12.6. The van der Waals surface area contributed by atoms with E-state index in [4.69, 9.17) is 0 Å². The van der Waals surface area contributed by atoms with Crippen molar-refractivity contribution in [3.05, 3.63) is 55.0 Å². The molecule has 1 aromatic carbocycles. The van der Waals surface area contributed by atoms with E-state index in [2.05, 4.69) is 56.3 Å². The first-order valence-electron chi connectivity index (χ1n) is 8.62. The molecular weight excluding hydrogens is 296 g/mol. The number of aromatic amines is 2. The summed E-state index contributed by atoms with van der Waals surface area (Å²) in [6, 6.07) is 13.2. The first-order chi connectivity index (χ1) is 11.8. The Bertz CT molecular complexity index is 1030. The van der Waals surface area contributed by atoms with Crippen LogP contribution in [0.25, 0.3) is 33.4 Å². The van der Waals surface area contributed by atoms with E-state index < -0.39 is 0 Å². The monoisotopic (exact) mass is 314 g/mol. The normalized spacial score (nSPS) is 24.8. The smallest absolute Gasteiger partial charge is 0.0671 e. The van der Waals surface area contributed by atoms with Crippen molar-refractivity contribution in [3.63, 3.8) is 0 Å². The summed E-state index contributed by atoms with van der Waals surface area (Å²) in [5, 5.41) is 8.45. The van der Waals surface area contributed by atoms with Gasteiger partial charge in [-0.05, 0) is 61.1 Å². The number of benzene rings is 1. The van der Waals surface area contributed by atoms with Gasteiger partial charge in [-0.1, -0.05) is 6.07 Å². The molecule has 0 aliphatic heterocycles. The maximum absolute atomic E-state index is 4.07. The van der Waals surface area contributed by atoms with Crippen LogP contribution in [0.4, 0.5) is 0 Å². The molecule has 3 heterocycles. The molecule has 0 radical (unpaired) electrons.